The fourth-order valence-corrected chi connectivity index (χ4v) is 3.38. The van der Waals surface area contributed by atoms with Gasteiger partial charge in [0.15, 0.2) is 0 Å². The Kier molecular flexibility index (Phi) is 4.87. The smallest absolute Gasteiger partial charge is 0.317 e. The van der Waals surface area contributed by atoms with E-state index in [0.717, 1.165) is 55.1 Å². The van der Waals surface area contributed by atoms with E-state index in [0.29, 0.717) is 12.5 Å². The standard InChI is InChI=1S/C17H26N6O/c1-12-15(13(2)21-20-12)10-19-17(24)23-7-4-5-14(11-23)9-16-18-6-8-22(16)3/h6,8,14H,4-5,7,9-11H2,1-3H3,(H,19,24)(H,20,21)/t14-/m0/s1. The number of piperidine rings is 1. The molecule has 3 heterocycles. The zero-order chi connectivity index (χ0) is 17.1. The zero-order valence-corrected chi connectivity index (χ0v) is 14.7. The van der Waals surface area contributed by atoms with Crippen LogP contribution in [0.4, 0.5) is 4.79 Å². The lowest BCUT2D eigenvalue weighted by atomic mass is 9.94. The highest BCUT2D eigenvalue weighted by Crippen LogP contribution is 2.20. The topological polar surface area (TPSA) is 78.8 Å². The molecule has 0 radical (unpaired) electrons. The van der Waals surface area contributed by atoms with Crippen LogP contribution in [0.1, 0.15) is 35.6 Å². The number of nitrogens with zero attached hydrogens (tertiary/aromatic N) is 4. The fourth-order valence-electron chi connectivity index (χ4n) is 3.38. The Morgan fingerprint density at radius 3 is 2.96 bits per heavy atom. The Morgan fingerprint density at radius 2 is 2.29 bits per heavy atom. The van der Waals surface area contributed by atoms with Crippen LogP contribution >= 0.6 is 0 Å². The maximum Gasteiger partial charge on any atom is 0.317 e. The highest BCUT2D eigenvalue weighted by Gasteiger charge is 2.24. The number of carbonyl (C=O) groups is 1. The third-order valence-electron chi connectivity index (χ3n) is 4.90. The maximum absolute atomic E-state index is 12.5. The van der Waals surface area contributed by atoms with Crippen LogP contribution < -0.4 is 5.32 Å². The van der Waals surface area contributed by atoms with E-state index in [2.05, 4.69) is 25.1 Å². The lowest BCUT2D eigenvalue weighted by Crippen LogP contribution is -2.45. The molecule has 0 saturated carbocycles. The minimum absolute atomic E-state index is 0.0135. The van der Waals surface area contributed by atoms with Gasteiger partial charge in [0.1, 0.15) is 5.82 Å². The van der Waals surface area contributed by atoms with Crippen molar-refractivity contribution in [2.24, 2.45) is 13.0 Å². The third-order valence-corrected chi connectivity index (χ3v) is 4.90. The number of carbonyl (C=O) groups excluding carboxylic acids is 1. The molecule has 3 rings (SSSR count). The van der Waals surface area contributed by atoms with E-state index in [9.17, 15) is 4.79 Å². The minimum Gasteiger partial charge on any atom is -0.338 e. The zero-order valence-electron chi connectivity index (χ0n) is 14.7. The molecule has 2 aromatic heterocycles. The first-order chi connectivity index (χ1) is 11.5. The van der Waals surface area contributed by atoms with Crippen molar-refractivity contribution in [3.8, 4) is 0 Å². The molecule has 2 N–H and O–H groups in total. The first kappa shape index (κ1) is 16.5. The Bertz CT molecular complexity index is 684. The number of H-pyrrole nitrogens is 1. The number of hydrogen-bond donors (Lipinski definition) is 2. The molecule has 2 amide bonds. The second-order valence-corrected chi connectivity index (χ2v) is 6.68. The maximum atomic E-state index is 12.5. The number of aromatic amines is 1. The summed E-state index contributed by atoms with van der Waals surface area (Å²) in [7, 11) is 2.02. The van der Waals surface area contributed by atoms with Crippen molar-refractivity contribution in [3.05, 3.63) is 35.2 Å². The molecule has 7 nitrogen and oxygen atoms in total. The predicted molar refractivity (Wildman–Crippen MR) is 91.5 cm³/mol. The number of aromatic nitrogens is 4. The molecular weight excluding hydrogens is 304 g/mol. The van der Waals surface area contributed by atoms with Gasteiger partial charge in [-0.3, -0.25) is 5.10 Å². The number of rotatable bonds is 4. The first-order valence-corrected chi connectivity index (χ1v) is 8.54. The van der Waals surface area contributed by atoms with Gasteiger partial charge in [-0.15, -0.1) is 0 Å². The molecule has 0 aromatic carbocycles. The average molecular weight is 330 g/mol. The molecule has 0 aliphatic carbocycles. The largest absolute Gasteiger partial charge is 0.338 e. The van der Waals surface area contributed by atoms with Gasteiger partial charge in [-0.25, -0.2) is 9.78 Å². The highest BCUT2D eigenvalue weighted by atomic mass is 16.2. The Morgan fingerprint density at radius 1 is 1.46 bits per heavy atom. The van der Waals surface area contributed by atoms with Gasteiger partial charge in [0.05, 0.1) is 5.69 Å². The van der Waals surface area contributed by atoms with Crippen LogP contribution in [0.3, 0.4) is 0 Å². The molecule has 1 fully saturated rings. The van der Waals surface area contributed by atoms with Crippen LogP contribution in [-0.2, 0) is 20.0 Å². The fraction of sp³-hybridized carbons (Fsp3) is 0.588. The van der Waals surface area contributed by atoms with Crippen molar-refractivity contribution in [1.82, 2.24) is 30.0 Å². The van der Waals surface area contributed by atoms with Gasteiger partial charge < -0.3 is 14.8 Å². The number of imidazole rings is 1. The van der Waals surface area contributed by atoms with E-state index in [4.69, 9.17) is 0 Å². The Balaban J connectivity index is 1.54. The first-order valence-electron chi connectivity index (χ1n) is 8.54. The van der Waals surface area contributed by atoms with E-state index in [1.165, 1.54) is 0 Å². The van der Waals surface area contributed by atoms with Crippen LogP contribution in [0.15, 0.2) is 12.4 Å². The minimum atomic E-state index is 0.0135. The Hall–Kier alpha value is -2.31. The molecule has 7 heteroatoms. The van der Waals surface area contributed by atoms with Crippen LogP contribution in [0, 0.1) is 19.8 Å². The normalized spacial score (nSPS) is 18.0. The summed E-state index contributed by atoms with van der Waals surface area (Å²) in [5, 5.41) is 10.2. The molecule has 2 aromatic rings. The number of nitrogens with one attached hydrogen (secondary N) is 2. The van der Waals surface area contributed by atoms with Crippen molar-refractivity contribution in [2.75, 3.05) is 13.1 Å². The second kappa shape index (κ2) is 7.07. The van der Waals surface area contributed by atoms with Gasteiger partial charge in [-0.2, -0.15) is 5.10 Å². The third kappa shape index (κ3) is 3.60. The molecule has 1 aliphatic heterocycles. The monoisotopic (exact) mass is 330 g/mol. The van der Waals surface area contributed by atoms with Crippen LogP contribution in [-0.4, -0.2) is 43.8 Å². The van der Waals surface area contributed by atoms with Gasteiger partial charge in [0, 0.05) is 56.8 Å². The average Bonchev–Trinajstić information content (AvgIpc) is 3.12. The number of hydrogen-bond acceptors (Lipinski definition) is 3. The van der Waals surface area contributed by atoms with E-state index in [1.54, 1.807) is 0 Å². The lowest BCUT2D eigenvalue weighted by molar-refractivity contribution is 0.164. The number of urea groups is 1. The van der Waals surface area contributed by atoms with Gasteiger partial charge in [0.25, 0.3) is 0 Å². The highest BCUT2D eigenvalue weighted by molar-refractivity contribution is 5.74. The predicted octanol–water partition coefficient (Wildman–Crippen LogP) is 1.92. The molecule has 0 spiro atoms. The molecule has 0 bridgehead atoms. The summed E-state index contributed by atoms with van der Waals surface area (Å²) in [6.07, 6.45) is 6.92. The number of amides is 2. The van der Waals surface area contributed by atoms with Crippen LogP contribution in [0.5, 0.6) is 0 Å². The quantitative estimate of drug-likeness (QED) is 0.899. The van der Waals surface area contributed by atoms with Gasteiger partial charge in [0.2, 0.25) is 0 Å². The summed E-state index contributed by atoms with van der Waals surface area (Å²) in [4.78, 5) is 18.8. The lowest BCUT2D eigenvalue weighted by Gasteiger charge is -2.32. The molecular formula is C17H26N6O. The summed E-state index contributed by atoms with van der Waals surface area (Å²) in [6, 6.07) is 0.0135. The van der Waals surface area contributed by atoms with E-state index in [1.807, 2.05) is 38.2 Å². The molecule has 24 heavy (non-hydrogen) atoms. The van der Waals surface area contributed by atoms with Crippen molar-refractivity contribution < 1.29 is 4.79 Å². The molecule has 1 saturated heterocycles. The summed E-state index contributed by atoms with van der Waals surface area (Å²) in [6.45, 7) is 6.07. The number of aryl methyl sites for hydroxylation is 3. The van der Waals surface area contributed by atoms with Crippen molar-refractivity contribution in [2.45, 2.75) is 39.7 Å². The molecule has 1 atom stereocenters. The van der Waals surface area contributed by atoms with E-state index < -0.39 is 0 Å². The summed E-state index contributed by atoms with van der Waals surface area (Å²) < 4.78 is 2.06. The van der Waals surface area contributed by atoms with Gasteiger partial charge >= 0.3 is 6.03 Å². The van der Waals surface area contributed by atoms with Gasteiger partial charge in [-0.05, 0) is 32.6 Å². The van der Waals surface area contributed by atoms with E-state index >= 15 is 0 Å². The number of likely N-dealkylation sites (tertiary alicyclic amines) is 1. The van der Waals surface area contributed by atoms with Gasteiger partial charge in [-0.1, -0.05) is 0 Å². The van der Waals surface area contributed by atoms with Crippen molar-refractivity contribution >= 4 is 6.03 Å². The summed E-state index contributed by atoms with van der Waals surface area (Å²) >= 11 is 0. The van der Waals surface area contributed by atoms with E-state index in [-0.39, 0.29) is 6.03 Å². The van der Waals surface area contributed by atoms with Crippen molar-refractivity contribution in [1.29, 1.82) is 0 Å². The summed E-state index contributed by atoms with van der Waals surface area (Å²) in [5.41, 5.74) is 3.03. The SMILES string of the molecule is Cc1n[nH]c(C)c1CNC(=O)N1CCC[C@@H](Cc2nccn2C)C1. The van der Waals surface area contributed by atoms with Crippen LogP contribution in [0.25, 0.3) is 0 Å². The molecule has 0 unspecified atom stereocenters. The molecule has 1 aliphatic rings. The van der Waals surface area contributed by atoms with Crippen molar-refractivity contribution in [3.63, 3.8) is 0 Å². The Labute approximate surface area is 142 Å². The van der Waals surface area contributed by atoms with Crippen LogP contribution in [0.2, 0.25) is 0 Å². The molecule has 130 valence electrons. The second-order valence-electron chi connectivity index (χ2n) is 6.68. The summed E-state index contributed by atoms with van der Waals surface area (Å²) in [5.74, 6) is 1.56.